The molecule has 0 aromatic rings. The summed E-state index contributed by atoms with van der Waals surface area (Å²) in [6.45, 7) is 3.88. The van der Waals surface area contributed by atoms with Gasteiger partial charge in [0.15, 0.2) is 0 Å². The van der Waals surface area contributed by atoms with Crippen LogP contribution in [0, 0.1) is 23.2 Å². The molecule has 2 atom stereocenters. The van der Waals surface area contributed by atoms with Gasteiger partial charge in [0.05, 0.1) is 25.6 Å². The van der Waals surface area contributed by atoms with Crippen molar-refractivity contribution in [2.24, 2.45) is 11.8 Å². The molecule has 0 aliphatic carbocycles. The molecule has 0 saturated carbocycles. The number of methoxy groups -OCH3 is 1. The summed E-state index contributed by atoms with van der Waals surface area (Å²) in [5.74, 6) is 0.0760. The maximum Gasteiger partial charge on any atom is 0.310 e. The highest BCUT2D eigenvalue weighted by atomic mass is 16.5. The predicted molar refractivity (Wildman–Crippen MR) is 46.7 cm³/mol. The Morgan fingerprint density at radius 3 is 2.92 bits per heavy atom. The fourth-order valence-corrected chi connectivity index (χ4v) is 1.75. The van der Waals surface area contributed by atoms with Crippen LogP contribution in [0.2, 0.25) is 0 Å². The summed E-state index contributed by atoms with van der Waals surface area (Å²) in [6.07, 6.45) is 0. The lowest BCUT2D eigenvalue weighted by Crippen LogP contribution is -2.24. The van der Waals surface area contributed by atoms with E-state index in [0.29, 0.717) is 19.0 Å². The van der Waals surface area contributed by atoms with Crippen LogP contribution in [0.25, 0.3) is 0 Å². The molecule has 0 aromatic carbocycles. The Hall–Kier alpha value is -1.08. The topological polar surface area (TPSA) is 53.3 Å². The van der Waals surface area contributed by atoms with Gasteiger partial charge in [-0.3, -0.25) is 9.69 Å². The highest BCUT2D eigenvalue weighted by molar-refractivity contribution is 5.73. The van der Waals surface area contributed by atoms with Crippen molar-refractivity contribution in [3.63, 3.8) is 0 Å². The Morgan fingerprint density at radius 2 is 2.38 bits per heavy atom. The Kier molecular flexibility index (Phi) is 3.26. The van der Waals surface area contributed by atoms with Crippen LogP contribution in [-0.4, -0.2) is 37.6 Å². The van der Waals surface area contributed by atoms with E-state index >= 15 is 0 Å². The minimum absolute atomic E-state index is 0.0571. The van der Waals surface area contributed by atoms with Crippen LogP contribution in [0.4, 0.5) is 0 Å². The Bertz CT molecular complexity index is 234. The lowest BCUT2D eigenvalue weighted by atomic mass is 9.99. The minimum atomic E-state index is -0.159. The maximum atomic E-state index is 11.2. The van der Waals surface area contributed by atoms with Crippen molar-refractivity contribution in [1.29, 1.82) is 5.26 Å². The summed E-state index contributed by atoms with van der Waals surface area (Å²) < 4.78 is 4.68. The van der Waals surface area contributed by atoms with Crippen molar-refractivity contribution in [2.75, 3.05) is 26.7 Å². The molecule has 1 heterocycles. The third-order valence-electron chi connectivity index (χ3n) is 2.49. The molecule has 72 valence electrons. The van der Waals surface area contributed by atoms with Crippen LogP contribution in [-0.2, 0) is 9.53 Å². The first-order valence-corrected chi connectivity index (χ1v) is 4.36. The number of esters is 1. The van der Waals surface area contributed by atoms with Gasteiger partial charge in [-0.05, 0) is 5.92 Å². The van der Waals surface area contributed by atoms with Crippen molar-refractivity contribution in [2.45, 2.75) is 6.92 Å². The van der Waals surface area contributed by atoms with Crippen LogP contribution in [0.1, 0.15) is 6.92 Å². The first kappa shape index (κ1) is 10.0. The molecular formula is C9H14N2O2. The van der Waals surface area contributed by atoms with E-state index in [9.17, 15) is 4.79 Å². The molecule has 4 nitrogen and oxygen atoms in total. The zero-order valence-corrected chi connectivity index (χ0v) is 7.99. The van der Waals surface area contributed by atoms with Gasteiger partial charge in [0.2, 0.25) is 0 Å². The summed E-state index contributed by atoms with van der Waals surface area (Å²) in [6, 6.07) is 2.08. The molecule has 1 rings (SSSR count). The van der Waals surface area contributed by atoms with E-state index in [0.717, 1.165) is 6.54 Å². The Morgan fingerprint density at radius 1 is 1.69 bits per heavy atom. The third-order valence-corrected chi connectivity index (χ3v) is 2.49. The van der Waals surface area contributed by atoms with Crippen molar-refractivity contribution >= 4 is 5.97 Å². The number of hydrogen-bond donors (Lipinski definition) is 0. The predicted octanol–water partition coefficient (Wildman–Crippen LogP) is 0.251. The summed E-state index contributed by atoms with van der Waals surface area (Å²) in [4.78, 5) is 13.2. The Balaban J connectivity index is 2.52. The van der Waals surface area contributed by atoms with Gasteiger partial charge in [-0.1, -0.05) is 6.92 Å². The van der Waals surface area contributed by atoms with Crippen molar-refractivity contribution < 1.29 is 9.53 Å². The number of nitrogens with zero attached hydrogens (tertiary/aromatic N) is 2. The summed E-state index contributed by atoms with van der Waals surface area (Å²) in [7, 11) is 1.40. The lowest BCUT2D eigenvalue weighted by molar-refractivity contribution is -0.146. The van der Waals surface area contributed by atoms with E-state index < -0.39 is 0 Å². The number of hydrogen-bond acceptors (Lipinski definition) is 4. The van der Waals surface area contributed by atoms with Crippen molar-refractivity contribution in [3.8, 4) is 6.07 Å². The SMILES string of the molecule is COC(=O)C1CN(CC#N)CC1C. The number of ether oxygens (including phenoxy) is 1. The molecule has 4 heteroatoms. The van der Waals surface area contributed by atoms with Gasteiger partial charge in [-0.25, -0.2) is 0 Å². The normalized spacial score (nSPS) is 28.4. The van der Waals surface area contributed by atoms with E-state index in [2.05, 4.69) is 10.8 Å². The number of rotatable bonds is 2. The number of likely N-dealkylation sites (tertiary alicyclic amines) is 1. The molecule has 1 aliphatic rings. The van der Waals surface area contributed by atoms with E-state index in [1.807, 2.05) is 11.8 Å². The molecule has 2 unspecified atom stereocenters. The van der Waals surface area contributed by atoms with Crippen LogP contribution >= 0.6 is 0 Å². The van der Waals surface area contributed by atoms with Gasteiger partial charge in [0, 0.05) is 13.1 Å². The van der Waals surface area contributed by atoms with Crippen LogP contribution in [0.3, 0.4) is 0 Å². The molecule has 1 aliphatic heterocycles. The molecule has 13 heavy (non-hydrogen) atoms. The highest BCUT2D eigenvalue weighted by Crippen LogP contribution is 2.23. The first-order chi connectivity index (χ1) is 6.19. The fourth-order valence-electron chi connectivity index (χ4n) is 1.75. The largest absolute Gasteiger partial charge is 0.469 e. The van der Waals surface area contributed by atoms with Crippen LogP contribution in [0.15, 0.2) is 0 Å². The average molecular weight is 182 g/mol. The van der Waals surface area contributed by atoms with Gasteiger partial charge in [-0.2, -0.15) is 5.26 Å². The van der Waals surface area contributed by atoms with Gasteiger partial charge in [-0.15, -0.1) is 0 Å². The van der Waals surface area contributed by atoms with Crippen molar-refractivity contribution in [3.05, 3.63) is 0 Å². The Labute approximate surface area is 78.1 Å². The third kappa shape index (κ3) is 2.19. The second-order valence-electron chi connectivity index (χ2n) is 3.46. The van der Waals surface area contributed by atoms with Gasteiger partial charge in [0.1, 0.15) is 0 Å². The molecule has 0 N–H and O–H groups in total. The summed E-state index contributed by atoms with van der Waals surface area (Å²) >= 11 is 0. The van der Waals surface area contributed by atoms with Crippen LogP contribution < -0.4 is 0 Å². The zero-order chi connectivity index (χ0) is 9.84. The number of carbonyl (C=O) groups is 1. The summed E-state index contributed by atoms with van der Waals surface area (Å²) in [5.41, 5.74) is 0. The molecule has 1 saturated heterocycles. The zero-order valence-electron chi connectivity index (χ0n) is 7.99. The van der Waals surface area contributed by atoms with Gasteiger partial charge >= 0.3 is 5.97 Å². The second kappa shape index (κ2) is 4.24. The van der Waals surface area contributed by atoms with E-state index in [4.69, 9.17) is 5.26 Å². The molecule has 0 radical (unpaired) electrons. The van der Waals surface area contributed by atoms with Crippen LogP contribution in [0.5, 0.6) is 0 Å². The fraction of sp³-hybridized carbons (Fsp3) is 0.778. The smallest absolute Gasteiger partial charge is 0.310 e. The average Bonchev–Trinajstić information content (AvgIpc) is 2.46. The standard InChI is InChI=1S/C9H14N2O2/c1-7-5-11(4-3-10)6-8(7)9(12)13-2/h7-8H,4-6H2,1-2H3. The molecule has 1 fully saturated rings. The van der Waals surface area contributed by atoms with Gasteiger partial charge in [0.25, 0.3) is 0 Å². The van der Waals surface area contributed by atoms with E-state index in [-0.39, 0.29) is 11.9 Å². The quantitative estimate of drug-likeness (QED) is 0.454. The minimum Gasteiger partial charge on any atom is -0.469 e. The molecular weight excluding hydrogens is 168 g/mol. The first-order valence-electron chi connectivity index (χ1n) is 4.36. The summed E-state index contributed by atoms with van der Waals surface area (Å²) in [5, 5.41) is 8.49. The lowest BCUT2D eigenvalue weighted by Gasteiger charge is -2.10. The monoisotopic (exact) mass is 182 g/mol. The number of carbonyl (C=O) groups excluding carboxylic acids is 1. The van der Waals surface area contributed by atoms with E-state index in [1.165, 1.54) is 7.11 Å². The number of nitriles is 1. The highest BCUT2D eigenvalue weighted by Gasteiger charge is 2.35. The maximum absolute atomic E-state index is 11.2. The van der Waals surface area contributed by atoms with E-state index in [1.54, 1.807) is 0 Å². The molecule has 0 amide bonds. The van der Waals surface area contributed by atoms with Crippen molar-refractivity contribution in [1.82, 2.24) is 4.90 Å². The molecule has 0 aromatic heterocycles. The molecule has 0 spiro atoms. The van der Waals surface area contributed by atoms with Gasteiger partial charge < -0.3 is 4.74 Å². The molecule has 0 bridgehead atoms. The second-order valence-corrected chi connectivity index (χ2v) is 3.46.